The molecule has 7 nitrogen and oxygen atoms in total. The molecule has 31 heavy (non-hydrogen) atoms. The molecule has 5 rings (SSSR count). The Morgan fingerprint density at radius 1 is 1.00 bits per heavy atom. The summed E-state index contributed by atoms with van der Waals surface area (Å²) in [6.07, 6.45) is 8.14. The number of rotatable bonds is 3. The molecule has 7 heteroatoms. The van der Waals surface area contributed by atoms with Gasteiger partial charge in [0.15, 0.2) is 5.75 Å². The van der Waals surface area contributed by atoms with Crippen molar-refractivity contribution in [3.8, 4) is 11.6 Å². The number of hydrogen-bond acceptors (Lipinski definition) is 5. The van der Waals surface area contributed by atoms with Crippen LogP contribution in [0.5, 0.6) is 11.6 Å². The van der Waals surface area contributed by atoms with Crippen LogP contribution in [0.25, 0.3) is 0 Å². The molecule has 1 saturated carbocycles. The van der Waals surface area contributed by atoms with Crippen molar-refractivity contribution in [1.82, 2.24) is 14.8 Å². The summed E-state index contributed by atoms with van der Waals surface area (Å²) < 4.78 is 5.91. The number of amides is 2. The zero-order valence-corrected chi connectivity index (χ0v) is 17.7. The highest BCUT2D eigenvalue weighted by molar-refractivity contribution is 6.11. The first kappa shape index (κ1) is 20.0. The van der Waals surface area contributed by atoms with Gasteiger partial charge in [-0.05, 0) is 37.1 Å². The second kappa shape index (κ2) is 8.67. The minimum absolute atomic E-state index is 0.00301. The average Bonchev–Trinajstić information content (AvgIpc) is 2.94. The van der Waals surface area contributed by atoms with Gasteiger partial charge >= 0.3 is 0 Å². The van der Waals surface area contributed by atoms with E-state index in [1.165, 1.54) is 37.0 Å². The Kier molecular flexibility index (Phi) is 5.59. The van der Waals surface area contributed by atoms with Crippen LogP contribution in [0.1, 0.15) is 42.5 Å². The number of carbonyl (C=O) groups is 2. The van der Waals surface area contributed by atoms with E-state index in [9.17, 15) is 9.59 Å². The van der Waals surface area contributed by atoms with Crippen LogP contribution in [0.4, 0.5) is 5.69 Å². The maximum atomic E-state index is 13.3. The predicted molar refractivity (Wildman–Crippen MR) is 117 cm³/mol. The Morgan fingerprint density at radius 3 is 2.58 bits per heavy atom. The van der Waals surface area contributed by atoms with Crippen LogP contribution >= 0.6 is 0 Å². The standard InChI is InChI=1S/C24H28N4O3/c29-22(27-15-13-26(14-16-27)18-7-2-1-3-8-18)17-28-20-10-4-5-11-21(20)31-23-19(24(28)30)9-6-12-25-23/h4-6,9-12,18H,1-3,7-8,13-17H2. The number of para-hydroxylation sites is 2. The van der Waals surface area contributed by atoms with Crippen LogP contribution in [0.3, 0.4) is 0 Å². The number of carbonyl (C=O) groups excluding carboxylic acids is 2. The number of aromatic nitrogens is 1. The molecule has 1 aromatic heterocycles. The lowest BCUT2D eigenvalue weighted by Gasteiger charge is -2.41. The van der Waals surface area contributed by atoms with Gasteiger partial charge in [0.05, 0.1) is 5.69 Å². The largest absolute Gasteiger partial charge is 0.436 e. The fourth-order valence-electron chi connectivity index (χ4n) is 4.94. The fourth-order valence-corrected chi connectivity index (χ4v) is 4.94. The van der Waals surface area contributed by atoms with E-state index in [4.69, 9.17) is 4.74 Å². The summed E-state index contributed by atoms with van der Waals surface area (Å²) in [6.45, 7) is 3.26. The number of nitrogens with zero attached hydrogens (tertiary/aromatic N) is 4. The van der Waals surface area contributed by atoms with E-state index in [1.54, 1.807) is 24.4 Å². The molecule has 0 bridgehead atoms. The number of anilines is 1. The van der Waals surface area contributed by atoms with Crippen molar-refractivity contribution in [1.29, 1.82) is 0 Å². The third kappa shape index (κ3) is 4.02. The summed E-state index contributed by atoms with van der Waals surface area (Å²) in [5.74, 6) is 0.514. The second-order valence-corrected chi connectivity index (χ2v) is 8.53. The van der Waals surface area contributed by atoms with E-state index in [0.29, 0.717) is 36.1 Å². The Bertz CT molecular complexity index is 965. The third-order valence-electron chi connectivity index (χ3n) is 6.66. The van der Waals surface area contributed by atoms with Gasteiger partial charge in [-0.3, -0.25) is 19.4 Å². The number of fused-ring (bicyclic) bond motifs is 2. The van der Waals surface area contributed by atoms with E-state index < -0.39 is 0 Å². The lowest BCUT2D eigenvalue weighted by molar-refractivity contribution is -0.131. The highest BCUT2D eigenvalue weighted by Gasteiger charge is 2.33. The Morgan fingerprint density at radius 2 is 1.77 bits per heavy atom. The molecule has 1 saturated heterocycles. The zero-order chi connectivity index (χ0) is 21.2. The van der Waals surface area contributed by atoms with Crippen molar-refractivity contribution in [3.05, 3.63) is 48.2 Å². The lowest BCUT2D eigenvalue weighted by atomic mass is 9.94. The van der Waals surface area contributed by atoms with E-state index >= 15 is 0 Å². The van der Waals surface area contributed by atoms with Gasteiger partial charge in [0, 0.05) is 38.4 Å². The maximum absolute atomic E-state index is 13.3. The van der Waals surface area contributed by atoms with Gasteiger partial charge in [0.1, 0.15) is 12.1 Å². The number of ether oxygens (including phenoxy) is 1. The molecule has 3 heterocycles. The number of piperazine rings is 1. The summed E-state index contributed by atoms with van der Waals surface area (Å²) in [4.78, 5) is 36.7. The first-order valence-corrected chi connectivity index (χ1v) is 11.3. The highest BCUT2D eigenvalue weighted by Crippen LogP contribution is 2.37. The van der Waals surface area contributed by atoms with Crippen LogP contribution < -0.4 is 9.64 Å². The van der Waals surface area contributed by atoms with Gasteiger partial charge in [-0.1, -0.05) is 31.4 Å². The fraction of sp³-hybridized carbons (Fsp3) is 0.458. The van der Waals surface area contributed by atoms with E-state index in [0.717, 1.165) is 13.1 Å². The van der Waals surface area contributed by atoms with Crippen molar-refractivity contribution >= 4 is 17.5 Å². The van der Waals surface area contributed by atoms with Crippen LogP contribution in [-0.2, 0) is 4.79 Å². The van der Waals surface area contributed by atoms with Crippen molar-refractivity contribution in [2.45, 2.75) is 38.1 Å². The summed E-state index contributed by atoms with van der Waals surface area (Å²) in [5.41, 5.74) is 0.966. The molecule has 0 radical (unpaired) electrons. The highest BCUT2D eigenvalue weighted by atomic mass is 16.5. The quantitative estimate of drug-likeness (QED) is 0.762. The normalized spacial score (nSPS) is 19.9. The Hall–Kier alpha value is -2.93. The van der Waals surface area contributed by atoms with Gasteiger partial charge in [0.25, 0.3) is 5.91 Å². The molecule has 0 unspecified atom stereocenters. The van der Waals surface area contributed by atoms with Crippen LogP contribution in [0.2, 0.25) is 0 Å². The molecule has 2 aromatic rings. The van der Waals surface area contributed by atoms with Crippen molar-refractivity contribution in [3.63, 3.8) is 0 Å². The van der Waals surface area contributed by atoms with Crippen molar-refractivity contribution < 1.29 is 14.3 Å². The SMILES string of the molecule is O=C(CN1C(=O)c2cccnc2Oc2ccccc21)N1CCN(C2CCCCC2)CC1. The van der Waals surface area contributed by atoms with Crippen LogP contribution in [0, 0.1) is 0 Å². The number of hydrogen-bond donors (Lipinski definition) is 0. The van der Waals surface area contributed by atoms with E-state index in [-0.39, 0.29) is 24.2 Å². The molecule has 0 spiro atoms. The molecule has 162 valence electrons. The first-order chi connectivity index (χ1) is 15.2. The van der Waals surface area contributed by atoms with E-state index in [2.05, 4.69) is 9.88 Å². The van der Waals surface area contributed by atoms with Crippen molar-refractivity contribution in [2.24, 2.45) is 0 Å². The summed E-state index contributed by atoms with van der Waals surface area (Å²) in [6, 6.07) is 11.4. The minimum Gasteiger partial charge on any atom is -0.436 e. The van der Waals surface area contributed by atoms with Gasteiger partial charge in [-0.2, -0.15) is 0 Å². The van der Waals surface area contributed by atoms with Crippen molar-refractivity contribution in [2.75, 3.05) is 37.6 Å². The average molecular weight is 421 g/mol. The van der Waals surface area contributed by atoms with E-state index in [1.807, 2.05) is 23.1 Å². The third-order valence-corrected chi connectivity index (χ3v) is 6.66. The zero-order valence-electron chi connectivity index (χ0n) is 17.7. The molecule has 0 N–H and O–H groups in total. The molecule has 2 fully saturated rings. The van der Waals surface area contributed by atoms with Gasteiger partial charge < -0.3 is 9.64 Å². The number of pyridine rings is 1. The predicted octanol–water partition coefficient (Wildman–Crippen LogP) is 3.31. The molecule has 3 aliphatic rings. The minimum atomic E-state index is -0.262. The molecule has 0 atom stereocenters. The maximum Gasteiger partial charge on any atom is 0.264 e. The Labute approximate surface area is 182 Å². The molecule has 2 amide bonds. The summed E-state index contributed by atoms with van der Waals surface area (Å²) >= 11 is 0. The summed E-state index contributed by atoms with van der Waals surface area (Å²) in [5, 5.41) is 0. The Balaban J connectivity index is 1.31. The molecular weight excluding hydrogens is 392 g/mol. The molecule has 2 aliphatic heterocycles. The second-order valence-electron chi connectivity index (χ2n) is 8.53. The van der Waals surface area contributed by atoms with Crippen LogP contribution in [-0.4, -0.2) is 65.4 Å². The van der Waals surface area contributed by atoms with Crippen LogP contribution in [0.15, 0.2) is 42.6 Å². The smallest absolute Gasteiger partial charge is 0.264 e. The molecular formula is C24H28N4O3. The number of benzene rings is 1. The lowest BCUT2D eigenvalue weighted by Crippen LogP contribution is -2.54. The van der Waals surface area contributed by atoms with Gasteiger partial charge in [-0.25, -0.2) is 4.98 Å². The topological polar surface area (TPSA) is 66.0 Å². The molecule has 1 aliphatic carbocycles. The first-order valence-electron chi connectivity index (χ1n) is 11.3. The van der Waals surface area contributed by atoms with Gasteiger partial charge in [0.2, 0.25) is 11.8 Å². The summed E-state index contributed by atoms with van der Waals surface area (Å²) in [7, 11) is 0. The molecule has 1 aromatic carbocycles. The van der Waals surface area contributed by atoms with Gasteiger partial charge in [-0.15, -0.1) is 0 Å². The monoisotopic (exact) mass is 420 g/mol.